The predicted molar refractivity (Wildman–Crippen MR) is 79.2 cm³/mol. The zero-order valence-corrected chi connectivity index (χ0v) is 11.5. The van der Waals surface area contributed by atoms with Crippen molar-refractivity contribution in [2.24, 2.45) is 0 Å². The number of nitrogens with zero attached hydrogens (tertiary/aromatic N) is 3. The number of carbonyl (C=O) groups is 1. The van der Waals surface area contributed by atoms with Gasteiger partial charge >= 0.3 is 5.97 Å². The highest BCUT2D eigenvalue weighted by Gasteiger charge is 2.12. The van der Waals surface area contributed by atoms with Crippen LogP contribution in [0.15, 0.2) is 42.5 Å². The Kier molecular flexibility index (Phi) is 3.27. The fraction of sp³-hybridized carbons (Fsp3) is 0.133. The summed E-state index contributed by atoms with van der Waals surface area (Å²) in [4.78, 5) is 13.1. The third kappa shape index (κ3) is 2.43. The van der Waals surface area contributed by atoms with E-state index in [9.17, 15) is 4.79 Å². The first kappa shape index (κ1) is 13.1. The first-order valence-corrected chi connectivity index (χ1v) is 6.58. The smallest absolute Gasteiger partial charge is 0.338 e. The van der Waals surface area contributed by atoms with Gasteiger partial charge in [0.15, 0.2) is 0 Å². The molecular weight excluding hydrogens is 268 g/mol. The molecule has 2 aromatic carbocycles. The lowest BCUT2D eigenvalue weighted by atomic mass is 10.2. The molecular formula is C15H14N4O2. The van der Waals surface area contributed by atoms with Gasteiger partial charge in [0.25, 0.3) is 0 Å². The van der Waals surface area contributed by atoms with Crippen LogP contribution in [0.1, 0.15) is 17.3 Å². The molecule has 0 saturated carbocycles. The first-order valence-electron chi connectivity index (χ1n) is 6.58. The van der Waals surface area contributed by atoms with Crippen molar-refractivity contribution < 1.29 is 9.53 Å². The lowest BCUT2D eigenvalue weighted by molar-refractivity contribution is 0.0526. The summed E-state index contributed by atoms with van der Waals surface area (Å²) in [7, 11) is 0. The Morgan fingerprint density at radius 2 is 1.86 bits per heavy atom. The van der Waals surface area contributed by atoms with E-state index in [1.54, 1.807) is 25.1 Å². The molecule has 0 saturated heterocycles. The van der Waals surface area contributed by atoms with Crippen LogP contribution >= 0.6 is 0 Å². The van der Waals surface area contributed by atoms with Gasteiger partial charge in [-0.05, 0) is 37.3 Å². The molecule has 106 valence electrons. The van der Waals surface area contributed by atoms with E-state index in [-0.39, 0.29) is 0 Å². The van der Waals surface area contributed by atoms with E-state index < -0.39 is 5.97 Å². The van der Waals surface area contributed by atoms with E-state index in [1.807, 2.05) is 24.3 Å². The third-order valence-corrected chi connectivity index (χ3v) is 3.04. The van der Waals surface area contributed by atoms with Gasteiger partial charge in [0.1, 0.15) is 16.7 Å². The van der Waals surface area contributed by atoms with E-state index in [1.165, 1.54) is 4.80 Å². The number of aromatic nitrogens is 3. The zero-order chi connectivity index (χ0) is 14.8. The summed E-state index contributed by atoms with van der Waals surface area (Å²) in [6.45, 7) is 2.08. The van der Waals surface area contributed by atoms with Crippen LogP contribution in [0, 0.1) is 0 Å². The van der Waals surface area contributed by atoms with Crippen LogP contribution in [0.3, 0.4) is 0 Å². The lowest BCUT2D eigenvalue weighted by Crippen LogP contribution is -2.08. The van der Waals surface area contributed by atoms with Crippen LogP contribution in [0.2, 0.25) is 0 Å². The molecule has 1 heterocycles. The molecule has 0 aliphatic heterocycles. The molecule has 3 aromatic rings. The number of hydrogen-bond donors (Lipinski definition) is 1. The predicted octanol–water partition coefficient (Wildman–Crippen LogP) is 2.18. The number of esters is 1. The molecule has 0 amide bonds. The molecule has 1 aromatic heterocycles. The van der Waals surface area contributed by atoms with Gasteiger partial charge in [0, 0.05) is 0 Å². The number of anilines is 1. The molecule has 0 atom stereocenters. The standard InChI is InChI=1S/C15H14N4O2/c1-2-21-15(20)10-7-8-14(11(16)9-10)19-17-12-5-3-4-6-13(12)18-19/h3-9H,2,16H2,1H3. The minimum atomic E-state index is -0.394. The Bertz CT molecular complexity index is 777. The van der Waals surface area contributed by atoms with E-state index in [0.717, 1.165) is 11.0 Å². The van der Waals surface area contributed by atoms with Gasteiger partial charge in [0.2, 0.25) is 0 Å². The Hall–Kier alpha value is -2.89. The molecule has 0 radical (unpaired) electrons. The highest BCUT2D eigenvalue weighted by Crippen LogP contribution is 2.20. The fourth-order valence-corrected chi connectivity index (χ4v) is 2.05. The second-order valence-electron chi connectivity index (χ2n) is 4.47. The van der Waals surface area contributed by atoms with E-state index in [2.05, 4.69) is 10.2 Å². The molecule has 6 nitrogen and oxygen atoms in total. The maximum atomic E-state index is 11.7. The summed E-state index contributed by atoms with van der Waals surface area (Å²) >= 11 is 0. The minimum absolute atomic E-state index is 0.326. The van der Waals surface area contributed by atoms with E-state index >= 15 is 0 Å². The van der Waals surface area contributed by atoms with Gasteiger partial charge in [-0.15, -0.1) is 15.0 Å². The molecule has 0 unspecified atom stereocenters. The maximum Gasteiger partial charge on any atom is 0.338 e. The molecule has 0 fully saturated rings. The SMILES string of the molecule is CCOC(=O)c1ccc(-n2nc3ccccc3n2)c(N)c1. The van der Waals surface area contributed by atoms with E-state index in [0.29, 0.717) is 23.5 Å². The van der Waals surface area contributed by atoms with Crippen molar-refractivity contribution in [1.82, 2.24) is 15.0 Å². The number of ether oxygens (including phenoxy) is 1. The molecule has 3 rings (SSSR count). The molecule has 21 heavy (non-hydrogen) atoms. The summed E-state index contributed by atoms with van der Waals surface area (Å²) in [6, 6.07) is 12.5. The average molecular weight is 282 g/mol. The summed E-state index contributed by atoms with van der Waals surface area (Å²) in [5, 5.41) is 8.73. The van der Waals surface area contributed by atoms with Gasteiger partial charge in [0.05, 0.1) is 17.9 Å². The molecule has 0 aliphatic rings. The molecule has 0 bridgehead atoms. The summed E-state index contributed by atoms with van der Waals surface area (Å²) in [6.07, 6.45) is 0. The van der Waals surface area contributed by atoms with Crippen molar-refractivity contribution >= 4 is 22.7 Å². The molecule has 6 heteroatoms. The normalized spacial score (nSPS) is 10.7. The van der Waals surface area contributed by atoms with Crippen LogP contribution in [0.4, 0.5) is 5.69 Å². The van der Waals surface area contributed by atoms with Gasteiger partial charge in [-0.2, -0.15) is 0 Å². The number of nitrogens with two attached hydrogens (primary N) is 1. The fourth-order valence-electron chi connectivity index (χ4n) is 2.05. The maximum absolute atomic E-state index is 11.7. The number of hydrogen-bond acceptors (Lipinski definition) is 5. The van der Waals surface area contributed by atoms with Crippen molar-refractivity contribution in [2.45, 2.75) is 6.92 Å². The number of carbonyl (C=O) groups excluding carboxylic acids is 1. The molecule has 2 N–H and O–H groups in total. The van der Waals surface area contributed by atoms with Crippen LogP contribution in [-0.4, -0.2) is 27.6 Å². The first-order chi connectivity index (χ1) is 10.2. The van der Waals surface area contributed by atoms with Crippen LogP contribution in [-0.2, 0) is 4.74 Å². The summed E-state index contributed by atoms with van der Waals surface area (Å²) in [5.41, 5.74) is 9.02. The van der Waals surface area contributed by atoms with Crippen LogP contribution < -0.4 is 5.73 Å². The quantitative estimate of drug-likeness (QED) is 0.588. The monoisotopic (exact) mass is 282 g/mol. The Labute approximate surface area is 121 Å². The largest absolute Gasteiger partial charge is 0.462 e. The van der Waals surface area contributed by atoms with Gasteiger partial charge in [-0.3, -0.25) is 0 Å². The Morgan fingerprint density at radius 3 is 2.43 bits per heavy atom. The van der Waals surface area contributed by atoms with E-state index in [4.69, 9.17) is 10.5 Å². The topological polar surface area (TPSA) is 83.0 Å². The van der Waals surface area contributed by atoms with Crippen molar-refractivity contribution in [3.05, 3.63) is 48.0 Å². The average Bonchev–Trinajstić information content (AvgIpc) is 2.90. The second kappa shape index (κ2) is 5.24. The van der Waals surface area contributed by atoms with Crippen LogP contribution in [0.5, 0.6) is 0 Å². The Morgan fingerprint density at radius 1 is 1.19 bits per heavy atom. The minimum Gasteiger partial charge on any atom is -0.462 e. The second-order valence-corrected chi connectivity index (χ2v) is 4.47. The van der Waals surface area contributed by atoms with Crippen LogP contribution in [0.25, 0.3) is 16.7 Å². The van der Waals surface area contributed by atoms with Gasteiger partial charge in [-0.25, -0.2) is 4.79 Å². The van der Waals surface area contributed by atoms with Crippen molar-refractivity contribution in [1.29, 1.82) is 0 Å². The number of fused-ring (bicyclic) bond motifs is 1. The zero-order valence-electron chi connectivity index (χ0n) is 11.5. The molecule has 0 aliphatic carbocycles. The summed E-state index contributed by atoms with van der Waals surface area (Å²) < 4.78 is 4.94. The highest BCUT2D eigenvalue weighted by molar-refractivity contribution is 5.91. The van der Waals surface area contributed by atoms with Crippen molar-refractivity contribution in [2.75, 3.05) is 12.3 Å². The van der Waals surface area contributed by atoms with Crippen molar-refractivity contribution in [3.63, 3.8) is 0 Å². The van der Waals surface area contributed by atoms with Gasteiger partial charge in [-0.1, -0.05) is 12.1 Å². The third-order valence-electron chi connectivity index (χ3n) is 3.04. The number of rotatable bonds is 3. The van der Waals surface area contributed by atoms with Gasteiger partial charge < -0.3 is 10.5 Å². The number of benzene rings is 2. The Balaban J connectivity index is 2.00. The van der Waals surface area contributed by atoms with Crippen molar-refractivity contribution in [3.8, 4) is 5.69 Å². The molecule has 0 spiro atoms. The highest BCUT2D eigenvalue weighted by atomic mass is 16.5. The number of nitrogen functional groups attached to an aromatic ring is 1. The summed E-state index contributed by atoms with van der Waals surface area (Å²) in [5.74, 6) is -0.394. The lowest BCUT2D eigenvalue weighted by Gasteiger charge is -2.06.